The molecule has 0 spiro atoms. The van der Waals surface area contributed by atoms with Crippen LogP contribution in [-0.2, 0) is 0 Å². The maximum absolute atomic E-state index is 5.94. The molecule has 6 nitrogen and oxygen atoms in total. The fourth-order valence-electron chi connectivity index (χ4n) is 2.39. The molecule has 0 aliphatic carbocycles. The maximum Gasteiger partial charge on any atom is 0.213 e. The van der Waals surface area contributed by atoms with E-state index in [9.17, 15) is 0 Å². The molecular formula is C17H30IN5O. The molecule has 0 saturated carbocycles. The first-order chi connectivity index (χ1) is 10.9. The number of aromatic nitrogens is 1. The number of hydrogen-bond acceptors (Lipinski definition) is 4. The Morgan fingerprint density at radius 2 is 2.21 bits per heavy atom. The van der Waals surface area contributed by atoms with Gasteiger partial charge in [0.15, 0.2) is 5.96 Å². The predicted octanol–water partition coefficient (Wildman–Crippen LogP) is 2.07. The Hall–Kier alpha value is -1.09. The van der Waals surface area contributed by atoms with Crippen LogP contribution in [0.4, 0.5) is 0 Å². The molecule has 136 valence electrons. The molecule has 0 radical (unpaired) electrons. The lowest BCUT2D eigenvalue weighted by molar-refractivity contribution is 0.193. The van der Waals surface area contributed by atoms with Gasteiger partial charge in [0.05, 0.1) is 6.54 Å². The average Bonchev–Trinajstić information content (AvgIpc) is 2.97. The summed E-state index contributed by atoms with van der Waals surface area (Å²) in [6.07, 6.45) is 2.89. The molecule has 1 atom stereocenters. The third kappa shape index (κ3) is 5.77. The molecule has 0 amide bonds. The van der Waals surface area contributed by atoms with Crippen molar-refractivity contribution in [2.24, 2.45) is 4.99 Å². The Morgan fingerprint density at radius 3 is 2.79 bits per heavy atom. The summed E-state index contributed by atoms with van der Waals surface area (Å²) in [7, 11) is 6.02. The van der Waals surface area contributed by atoms with Crippen LogP contribution in [0.25, 0.3) is 0 Å². The van der Waals surface area contributed by atoms with Crippen molar-refractivity contribution in [1.29, 1.82) is 0 Å². The standard InChI is InChI=1S/C17H29N5O.HI/c1-17(2,21(4)5)13-20-16(18-3)22-11-9-14(12-22)23-15-8-6-7-10-19-15;/h6-8,10,14H,9,11-13H2,1-5H3,(H,18,20);1H. The molecule has 1 aliphatic rings. The van der Waals surface area contributed by atoms with Crippen LogP contribution in [0.2, 0.25) is 0 Å². The number of nitrogens with zero attached hydrogens (tertiary/aromatic N) is 4. The van der Waals surface area contributed by atoms with Crippen LogP contribution in [0.15, 0.2) is 29.4 Å². The minimum atomic E-state index is 0. The SMILES string of the molecule is CN=C(NCC(C)(C)N(C)C)N1CCC(Oc2ccccn2)C1.I. The molecule has 24 heavy (non-hydrogen) atoms. The second kappa shape index (κ2) is 9.41. The van der Waals surface area contributed by atoms with Crippen LogP contribution >= 0.6 is 24.0 Å². The fraction of sp³-hybridized carbons (Fsp3) is 0.647. The quantitative estimate of drug-likeness (QED) is 0.426. The monoisotopic (exact) mass is 447 g/mol. The molecule has 1 fully saturated rings. The van der Waals surface area contributed by atoms with E-state index in [1.807, 2.05) is 25.2 Å². The first-order valence-corrected chi connectivity index (χ1v) is 8.13. The number of nitrogens with one attached hydrogen (secondary N) is 1. The van der Waals surface area contributed by atoms with Crippen molar-refractivity contribution in [3.8, 4) is 5.88 Å². The van der Waals surface area contributed by atoms with Gasteiger partial charge in [-0.15, -0.1) is 24.0 Å². The summed E-state index contributed by atoms with van der Waals surface area (Å²) in [5, 5.41) is 3.48. The molecular weight excluding hydrogens is 417 g/mol. The Morgan fingerprint density at radius 1 is 1.46 bits per heavy atom. The van der Waals surface area contributed by atoms with Gasteiger partial charge in [-0.1, -0.05) is 6.07 Å². The smallest absolute Gasteiger partial charge is 0.213 e. The first-order valence-electron chi connectivity index (χ1n) is 8.13. The summed E-state index contributed by atoms with van der Waals surface area (Å²) in [6, 6.07) is 5.74. The fourth-order valence-corrected chi connectivity index (χ4v) is 2.39. The third-order valence-electron chi connectivity index (χ3n) is 4.47. The topological polar surface area (TPSA) is 53.0 Å². The molecule has 1 N–H and O–H groups in total. The van der Waals surface area contributed by atoms with E-state index in [0.29, 0.717) is 5.88 Å². The zero-order valence-electron chi connectivity index (χ0n) is 15.3. The van der Waals surface area contributed by atoms with E-state index >= 15 is 0 Å². The average molecular weight is 447 g/mol. The summed E-state index contributed by atoms with van der Waals surface area (Å²) in [5.41, 5.74) is 0.0690. The van der Waals surface area contributed by atoms with Gasteiger partial charge < -0.3 is 19.9 Å². The number of ether oxygens (including phenoxy) is 1. The molecule has 1 unspecified atom stereocenters. The van der Waals surface area contributed by atoms with Crippen molar-refractivity contribution in [2.45, 2.75) is 31.9 Å². The second-order valence-corrected chi connectivity index (χ2v) is 6.75. The van der Waals surface area contributed by atoms with Crippen molar-refractivity contribution in [3.05, 3.63) is 24.4 Å². The highest BCUT2D eigenvalue weighted by Crippen LogP contribution is 2.16. The lowest BCUT2D eigenvalue weighted by Gasteiger charge is -2.34. The molecule has 0 aromatic carbocycles. The zero-order chi connectivity index (χ0) is 16.9. The van der Waals surface area contributed by atoms with E-state index in [-0.39, 0.29) is 35.6 Å². The number of pyridine rings is 1. The van der Waals surface area contributed by atoms with Crippen molar-refractivity contribution in [1.82, 2.24) is 20.1 Å². The van der Waals surface area contributed by atoms with E-state index < -0.39 is 0 Å². The van der Waals surface area contributed by atoms with Crippen molar-refractivity contribution < 1.29 is 4.74 Å². The van der Waals surface area contributed by atoms with Crippen LogP contribution in [0.3, 0.4) is 0 Å². The van der Waals surface area contributed by atoms with Crippen molar-refractivity contribution >= 4 is 29.9 Å². The van der Waals surface area contributed by atoms with Gasteiger partial charge in [0.25, 0.3) is 0 Å². The van der Waals surface area contributed by atoms with E-state index in [1.54, 1.807) is 6.20 Å². The zero-order valence-corrected chi connectivity index (χ0v) is 17.7. The van der Waals surface area contributed by atoms with Gasteiger partial charge in [-0.2, -0.15) is 0 Å². The van der Waals surface area contributed by atoms with Crippen LogP contribution < -0.4 is 10.1 Å². The van der Waals surface area contributed by atoms with Gasteiger partial charge in [0, 0.05) is 44.4 Å². The van der Waals surface area contributed by atoms with Gasteiger partial charge in [0.2, 0.25) is 5.88 Å². The second-order valence-electron chi connectivity index (χ2n) is 6.75. The molecule has 2 heterocycles. The summed E-state index contributed by atoms with van der Waals surface area (Å²) in [5.74, 6) is 1.63. The summed E-state index contributed by atoms with van der Waals surface area (Å²) in [6.45, 7) is 7.04. The number of aliphatic imine (C=N–C) groups is 1. The molecule has 1 aromatic rings. The maximum atomic E-state index is 5.94. The minimum Gasteiger partial charge on any atom is -0.472 e. The summed E-state index contributed by atoms with van der Waals surface area (Å²) < 4.78 is 5.94. The van der Waals surface area contributed by atoms with Gasteiger partial charge in [-0.05, 0) is 34.0 Å². The highest BCUT2D eigenvalue weighted by molar-refractivity contribution is 14.0. The Kier molecular flexibility index (Phi) is 8.21. The summed E-state index contributed by atoms with van der Waals surface area (Å²) >= 11 is 0. The normalized spacial score (nSPS) is 18.5. The van der Waals surface area contributed by atoms with Crippen LogP contribution in [0.1, 0.15) is 20.3 Å². The largest absolute Gasteiger partial charge is 0.472 e. The Balaban J connectivity index is 0.00000288. The molecule has 2 rings (SSSR count). The number of likely N-dealkylation sites (tertiary alicyclic amines) is 1. The van der Waals surface area contributed by atoms with Crippen LogP contribution in [0, 0.1) is 0 Å². The van der Waals surface area contributed by atoms with E-state index in [0.717, 1.165) is 32.0 Å². The minimum absolute atomic E-state index is 0. The number of likely N-dealkylation sites (N-methyl/N-ethyl adjacent to an activating group) is 1. The van der Waals surface area contributed by atoms with Gasteiger partial charge in [-0.25, -0.2) is 4.98 Å². The Bertz CT molecular complexity index is 521. The highest BCUT2D eigenvalue weighted by atomic mass is 127. The lowest BCUT2D eigenvalue weighted by atomic mass is 10.0. The lowest BCUT2D eigenvalue weighted by Crippen LogP contribution is -2.51. The molecule has 1 aromatic heterocycles. The van der Waals surface area contributed by atoms with Crippen molar-refractivity contribution in [2.75, 3.05) is 40.8 Å². The van der Waals surface area contributed by atoms with Gasteiger partial charge in [-0.3, -0.25) is 4.99 Å². The predicted molar refractivity (Wildman–Crippen MR) is 109 cm³/mol. The van der Waals surface area contributed by atoms with E-state index in [4.69, 9.17) is 4.74 Å². The van der Waals surface area contributed by atoms with Gasteiger partial charge >= 0.3 is 0 Å². The van der Waals surface area contributed by atoms with E-state index in [1.165, 1.54) is 0 Å². The van der Waals surface area contributed by atoms with Crippen LogP contribution in [0.5, 0.6) is 5.88 Å². The van der Waals surface area contributed by atoms with Gasteiger partial charge in [0.1, 0.15) is 6.10 Å². The summed E-state index contributed by atoms with van der Waals surface area (Å²) in [4.78, 5) is 13.1. The van der Waals surface area contributed by atoms with Crippen LogP contribution in [-0.4, -0.2) is 73.2 Å². The number of hydrogen-bond donors (Lipinski definition) is 1. The molecule has 1 aliphatic heterocycles. The molecule has 7 heteroatoms. The number of guanidine groups is 1. The first kappa shape index (κ1) is 21.0. The third-order valence-corrected chi connectivity index (χ3v) is 4.47. The molecule has 1 saturated heterocycles. The number of rotatable bonds is 5. The number of halogens is 1. The van der Waals surface area contributed by atoms with E-state index in [2.05, 4.69) is 53.0 Å². The highest BCUT2D eigenvalue weighted by Gasteiger charge is 2.28. The Labute approximate surface area is 162 Å². The molecule has 0 bridgehead atoms. The van der Waals surface area contributed by atoms with Crippen molar-refractivity contribution in [3.63, 3.8) is 0 Å².